The van der Waals surface area contributed by atoms with E-state index in [0.29, 0.717) is 11.8 Å². The zero-order chi connectivity index (χ0) is 6.22. The molecule has 4 unspecified atom stereocenters. The van der Waals surface area contributed by atoms with E-state index < -0.39 is 0 Å². The molecule has 0 spiro atoms. The summed E-state index contributed by atoms with van der Waals surface area (Å²) in [5.74, 6) is 3.32. The molecule has 1 N–H and O–H groups in total. The Labute approximate surface area is 55.1 Å². The molecule has 50 valence electrons. The second-order valence-electron chi connectivity index (χ2n) is 4.24. The molecule has 1 heteroatoms. The summed E-state index contributed by atoms with van der Waals surface area (Å²) in [5.41, 5.74) is -0.241. The standard InChI is InChI=1S/C8H12O/c1-8(9)6-2-4(6)5-3-7(5)8/h4-7,9H,2-3H2,1H3. The Morgan fingerprint density at radius 2 is 1.67 bits per heavy atom. The van der Waals surface area contributed by atoms with Gasteiger partial charge in [-0.15, -0.1) is 0 Å². The van der Waals surface area contributed by atoms with Crippen LogP contribution in [0.25, 0.3) is 0 Å². The van der Waals surface area contributed by atoms with Crippen LogP contribution in [0.5, 0.6) is 0 Å². The molecule has 3 fully saturated rings. The lowest BCUT2D eigenvalue weighted by Crippen LogP contribution is -2.27. The van der Waals surface area contributed by atoms with Gasteiger partial charge in [0.1, 0.15) is 0 Å². The van der Waals surface area contributed by atoms with Gasteiger partial charge in [-0.3, -0.25) is 0 Å². The van der Waals surface area contributed by atoms with E-state index in [1.165, 1.54) is 12.8 Å². The molecule has 0 amide bonds. The molecule has 0 radical (unpaired) electrons. The summed E-state index contributed by atoms with van der Waals surface area (Å²) < 4.78 is 0. The lowest BCUT2D eigenvalue weighted by atomic mass is 9.97. The molecule has 1 nitrogen and oxygen atoms in total. The van der Waals surface area contributed by atoms with Crippen molar-refractivity contribution in [3.63, 3.8) is 0 Å². The van der Waals surface area contributed by atoms with Gasteiger partial charge in [-0.25, -0.2) is 0 Å². The highest BCUT2D eigenvalue weighted by molar-refractivity contribution is 5.21. The van der Waals surface area contributed by atoms with E-state index >= 15 is 0 Å². The van der Waals surface area contributed by atoms with Crippen molar-refractivity contribution >= 4 is 0 Å². The van der Waals surface area contributed by atoms with E-state index in [2.05, 4.69) is 0 Å². The van der Waals surface area contributed by atoms with E-state index in [4.69, 9.17) is 0 Å². The van der Waals surface area contributed by atoms with Gasteiger partial charge in [0.25, 0.3) is 0 Å². The molecule has 3 aliphatic carbocycles. The van der Waals surface area contributed by atoms with Gasteiger partial charge >= 0.3 is 0 Å². The molecule has 0 aromatic carbocycles. The van der Waals surface area contributed by atoms with Crippen LogP contribution in [0, 0.1) is 23.7 Å². The molecule has 0 aliphatic heterocycles. The van der Waals surface area contributed by atoms with Gasteiger partial charge in [0.2, 0.25) is 0 Å². The molecular formula is C8H12O. The fraction of sp³-hybridized carbons (Fsp3) is 1.00. The van der Waals surface area contributed by atoms with Crippen molar-refractivity contribution in [2.24, 2.45) is 23.7 Å². The van der Waals surface area contributed by atoms with Gasteiger partial charge in [-0.2, -0.15) is 0 Å². The molecule has 0 bridgehead atoms. The smallest absolute Gasteiger partial charge is 0.0681 e. The summed E-state index contributed by atoms with van der Waals surface area (Å²) in [6.07, 6.45) is 2.66. The molecule has 3 saturated carbocycles. The summed E-state index contributed by atoms with van der Waals surface area (Å²) in [7, 11) is 0. The van der Waals surface area contributed by atoms with E-state index in [0.717, 1.165) is 11.8 Å². The van der Waals surface area contributed by atoms with E-state index in [9.17, 15) is 5.11 Å². The van der Waals surface area contributed by atoms with Crippen LogP contribution in [0.2, 0.25) is 0 Å². The van der Waals surface area contributed by atoms with Crippen molar-refractivity contribution in [3.05, 3.63) is 0 Å². The first kappa shape index (κ1) is 4.73. The van der Waals surface area contributed by atoms with Crippen LogP contribution in [0.15, 0.2) is 0 Å². The third kappa shape index (κ3) is 0.362. The highest BCUT2D eigenvalue weighted by Gasteiger charge is 2.72. The second kappa shape index (κ2) is 0.968. The quantitative estimate of drug-likeness (QED) is 0.511. The van der Waals surface area contributed by atoms with Crippen LogP contribution >= 0.6 is 0 Å². The van der Waals surface area contributed by atoms with Crippen molar-refractivity contribution in [2.75, 3.05) is 0 Å². The van der Waals surface area contributed by atoms with Crippen molar-refractivity contribution in [2.45, 2.75) is 25.4 Å². The van der Waals surface area contributed by atoms with E-state index in [1.54, 1.807) is 0 Å². The molecule has 3 rings (SSSR count). The highest BCUT2D eigenvalue weighted by atomic mass is 16.3. The second-order valence-corrected chi connectivity index (χ2v) is 4.24. The van der Waals surface area contributed by atoms with Crippen molar-refractivity contribution in [1.29, 1.82) is 0 Å². The average molecular weight is 124 g/mol. The van der Waals surface area contributed by atoms with Crippen molar-refractivity contribution < 1.29 is 5.11 Å². The van der Waals surface area contributed by atoms with Crippen LogP contribution in [0.3, 0.4) is 0 Å². The Bertz CT molecular complexity index is 155. The normalized spacial score (nSPS) is 75.3. The van der Waals surface area contributed by atoms with Gasteiger partial charge in [0.15, 0.2) is 0 Å². The molecule has 0 aromatic rings. The minimum Gasteiger partial charge on any atom is -0.390 e. The Balaban J connectivity index is 2.03. The Kier molecular flexibility index (Phi) is 0.508. The molecule has 4 atom stereocenters. The monoisotopic (exact) mass is 124 g/mol. The largest absolute Gasteiger partial charge is 0.390 e. The van der Waals surface area contributed by atoms with Crippen molar-refractivity contribution in [1.82, 2.24) is 0 Å². The number of aliphatic hydroxyl groups is 1. The maximum atomic E-state index is 9.81. The van der Waals surface area contributed by atoms with Crippen LogP contribution < -0.4 is 0 Å². The minimum atomic E-state index is -0.241. The maximum Gasteiger partial charge on any atom is 0.0681 e. The van der Waals surface area contributed by atoms with E-state index in [1.807, 2.05) is 6.92 Å². The van der Waals surface area contributed by atoms with Crippen molar-refractivity contribution in [3.8, 4) is 0 Å². The Hall–Kier alpha value is -0.0400. The molecule has 9 heavy (non-hydrogen) atoms. The molecule has 0 aromatic heterocycles. The lowest BCUT2D eigenvalue weighted by Gasteiger charge is -2.19. The Morgan fingerprint density at radius 1 is 1.22 bits per heavy atom. The van der Waals surface area contributed by atoms with Crippen LogP contribution in [-0.2, 0) is 0 Å². The lowest BCUT2D eigenvalue weighted by molar-refractivity contribution is 0.0232. The highest BCUT2D eigenvalue weighted by Crippen LogP contribution is 2.73. The van der Waals surface area contributed by atoms with Crippen LogP contribution in [0.1, 0.15) is 19.8 Å². The first-order chi connectivity index (χ1) is 4.21. The van der Waals surface area contributed by atoms with Gasteiger partial charge in [0.05, 0.1) is 5.60 Å². The third-order valence-corrected chi connectivity index (χ3v) is 3.73. The summed E-state index contributed by atoms with van der Waals surface area (Å²) in [5, 5.41) is 9.81. The number of rotatable bonds is 0. The predicted octanol–water partition coefficient (Wildman–Crippen LogP) is 1.02. The summed E-state index contributed by atoms with van der Waals surface area (Å²) >= 11 is 0. The van der Waals surface area contributed by atoms with Gasteiger partial charge in [-0.1, -0.05) is 0 Å². The number of hydrogen-bond donors (Lipinski definition) is 1. The molecular weight excluding hydrogens is 112 g/mol. The Morgan fingerprint density at radius 3 is 1.89 bits per heavy atom. The summed E-state index contributed by atoms with van der Waals surface area (Å²) in [4.78, 5) is 0. The summed E-state index contributed by atoms with van der Waals surface area (Å²) in [6, 6.07) is 0. The van der Waals surface area contributed by atoms with Gasteiger partial charge < -0.3 is 5.11 Å². The topological polar surface area (TPSA) is 20.2 Å². The zero-order valence-electron chi connectivity index (χ0n) is 5.67. The first-order valence-corrected chi connectivity index (χ1v) is 3.93. The SMILES string of the molecule is CC1(O)C2CC2C2CC21. The minimum absolute atomic E-state index is 0.241. The summed E-state index contributed by atoms with van der Waals surface area (Å²) in [6.45, 7) is 2.04. The number of fused-ring (bicyclic) bond motifs is 3. The van der Waals surface area contributed by atoms with Gasteiger partial charge in [-0.05, 0) is 43.4 Å². The zero-order valence-corrected chi connectivity index (χ0v) is 5.67. The van der Waals surface area contributed by atoms with Crippen LogP contribution in [-0.4, -0.2) is 10.7 Å². The predicted molar refractivity (Wildman–Crippen MR) is 33.8 cm³/mol. The number of hydrogen-bond acceptors (Lipinski definition) is 1. The molecule has 0 saturated heterocycles. The first-order valence-electron chi connectivity index (χ1n) is 3.93. The van der Waals surface area contributed by atoms with E-state index in [-0.39, 0.29) is 5.60 Å². The maximum absolute atomic E-state index is 9.81. The third-order valence-electron chi connectivity index (χ3n) is 3.73. The fourth-order valence-electron chi connectivity index (χ4n) is 2.99. The van der Waals surface area contributed by atoms with Crippen LogP contribution in [0.4, 0.5) is 0 Å². The van der Waals surface area contributed by atoms with Gasteiger partial charge in [0, 0.05) is 0 Å². The fourth-order valence-corrected chi connectivity index (χ4v) is 2.99. The molecule has 0 heterocycles. The molecule has 3 aliphatic rings. The average Bonchev–Trinajstić information content (AvgIpc) is 2.56.